The Hall–Kier alpha value is -3.86. The summed E-state index contributed by atoms with van der Waals surface area (Å²) < 4.78 is 40.0. The van der Waals surface area contributed by atoms with Crippen LogP contribution in [0.2, 0.25) is 0 Å². The Morgan fingerprint density at radius 3 is 2.36 bits per heavy atom. The number of nitrogens with one attached hydrogen (secondary N) is 3. The Balaban J connectivity index is 1.80. The number of carbonyl (C=O) groups is 2. The predicted octanol–water partition coefficient (Wildman–Crippen LogP) is 5.34. The summed E-state index contributed by atoms with van der Waals surface area (Å²) in [5.74, 6) is -1.28. The second-order valence-electron chi connectivity index (χ2n) is 6.55. The van der Waals surface area contributed by atoms with Gasteiger partial charge in [0.1, 0.15) is 11.4 Å². The van der Waals surface area contributed by atoms with E-state index in [-0.39, 0.29) is 16.4 Å². The summed E-state index contributed by atoms with van der Waals surface area (Å²) in [4.78, 5) is 31.7. The van der Waals surface area contributed by atoms with Gasteiger partial charge in [-0.15, -0.1) is 0 Å². The molecule has 0 unspecified atom stereocenters. The van der Waals surface area contributed by atoms with Gasteiger partial charge >= 0.3 is 6.18 Å². The van der Waals surface area contributed by atoms with Crippen LogP contribution in [0.5, 0.6) is 0 Å². The molecule has 33 heavy (non-hydrogen) atoms. The number of amides is 2. The molecule has 7 nitrogen and oxygen atoms in total. The first kappa shape index (κ1) is 23.8. The van der Waals surface area contributed by atoms with Gasteiger partial charge < -0.3 is 16.0 Å². The number of aromatic nitrogens is 2. The largest absolute Gasteiger partial charge is 0.421 e. The summed E-state index contributed by atoms with van der Waals surface area (Å²) >= 11 is 1.11. The van der Waals surface area contributed by atoms with Gasteiger partial charge in [0.15, 0.2) is 5.16 Å². The van der Waals surface area contributed by atoms with E-state index in [0.29, 0.717) is 11.4 Å². The topological polar surface area (TPSA) is 96.0 Å². The van der Waals surface area contributed by atoms with E-state index in [0.717, 1.165) is 24.0 Å². The molecule has 0 atom stereocenters. The second-order valence-corrected chi connectivity index (χ2v) is 7.32. The Morgan fingerprint density at radius 1 is 1.03 bits per heavy atom. The SMILES string of the molecule is C=CC(=O)Nc1cccc(C(=O)Nc2cccc(Nc3nc(SC)ncc3C(F)(F)F)c2)c1. The van der Waals surface area contributed by atoms with Crippen molar-refractivity contribution >= 4 is 46.5 Å². The van der Waals surface area contributed by atoms with Gasteiger partial charge in [-0.25, -0.2) is 9.97 Å². The van der Waals surface area contributed by atoms with Gasteiger partial charge in [0.05, 0.1) is 0 Å². The molecule has 2 aromatic carbocycles. The number of benzene rings is 2. The monoisotopic (exact) mass is 473 g/mol. The summed E-state index contributed by atoms with van der Waals surface area (Å²) in [6, 6.07) is 12.4. The van der Waals surface area contributed by atoms with Crippen LogP contribution in [0.3, 0.4) is 0 Å². The number of alkyl halides is 3. The lowest BCUT2D eigenvalue weighted by atomic mass is 10.1. The Bertz CT molecular complexity index is 1200. The maximum absolute atomic E-state index is 13.3. The van der Waals surface area contributed by atoms with Crippen molar-refractivity contribution in [1.82, 2.24) is 9.97 Å². The highest BCUT2D eigenvalue weighted by atomic mass is 32.2. The standard InChI is InChI=1S/C22H18F3N5O2S/c1-3-18(31)27-14-7-4-6-13(10-14)20(32)29-16-9-5-8-15(11-16)28-19-17(22(23,24)25)12-26-21(30-19)33-2/h3-12H,1H2,2H3,(H,27,31)(H,29,32)(H,26,28,30). The van der Waals surface area contributed by atoms with Gasteiger partial charge in [0, 0.05) is 28.8 Å². The minimum atomic E-state index is -4.64. The molecule has 11 heteroatoms. The van der Waals surface area contributed by atoms with Crippen LogP contribution in [0.4, 0.5) is 36.1 Å². The van der Waals surface area contributed by atoms with Gasteiger partial charge in [0.2, 0.25) is 5.91 Å². The Labute approximate surface area is 191 Å². The molecule has 0 spiro atoms. The normalized spacial score (nSPS) is 10.9. The van der Waals surface area contributed by atoms with Gasteiger partial charge in [-0.05, 0) is 48.7 Å². The molecule has 0 aliphatic heterocycles. The minimum Gasteiger partial charge on any atom is -0.340 e. The smallest absolute Gasteiger partial charge is 0.340 e. The molecule has 0 radical (unpaired) electrons. The Kier molecular flexibility index (Phi) is 7.34. The molecule has 1 aromatic heterocycles. The van der Waals surface area contributed by atoms with Gasteiger partial charge in [-0.3, -0.25) is 9.59 Å². The lowest BCUT2D eigenvalue weighted by Crippen LogP contribution is -2.14. The van der Waals surface area contributed by atoms with E-state index in [2.05, 4.69) is 32.5 Å². The van der Waals surface area contributed by atoms with Crippen LogP contribution in [0.15, 0.2) is 72.5 Å². The molecule has 0 saturated heterocycles. The van der Waals surface area contributed by atoms with Gasteiger partial charge in [-0.1, -0.05) is 30.5 Å². The molecule has 3 aromatic rings. The van der Waals surface area contributed by atoms with E-state index in [9.17, 15) is 22.8 Å². The minimum absolute atomic E-state index is 0.179. The average molecular weight is 473 g/mol. The maximum atomic E-state index is 13.3. The number of hydrogen-bond acceptors (Lipinski definition) is 6. The molecule has 3 N–H and O–H groups in total. The molecule has 0 fully saturated rings. The summed E-state index contributed by atoms with van der Waals surface area (Å²) in [6.07, 6.45) is -1.16. The second kappa shape index (κ2) is 10.2. The molecular weight excluding hydrogens is 455 g/mol. The first-order chi connectivity index (χ1) is 15.7. The number of hydrogen-bond donors (Lipinski definition) is 3. The quantitative estimate of drug-likeness (QED) is 0.244. The summed E-state index contributed by atoms with van der Waals surface area (Å²) in [5.41, 5.74) is 0.313. The van der Waals surface area contributed by atoms with E-state index in [4.69, 9.17) is 0 Å². The molecule has 0 aliphatic carbocycles. The number of anilines is 4. The molecule has 3 rings (SSSR count). The predicted molar refractivity (Wildman–Crippen MR) is 122 cm³/mol. The van der Waals surface area contributed by atoms with Crippen molar-refractivity contribution in [2.75, 3.05) is 22.2 Å². The fourth-order valence-corrected chi connectivity index (χ4v) is 3.05. The van der Waals surface area contributed by atoms with Crippen LogP contribution in [0.1, 0.15) is 15.9 Å². The van der Waals surface area contributed by atoms with Gasteiger partial charge in [0.25, 0.3) is 5.91 Å². The molecule has 170 valence electrons. The first-order valence-corrected chi connectivity index (χ1v) is 10.6. The van der Waals surface area contributed by atoms with Crippen molar-refractivity contribution < 1.29 is 22.8 Å². The van der Waals surface area contributed by atoms with Crippen LogP contribution in [0, 0.1) is 0 Å². The van der Waals surface area contributed by atoms with Crippen LogP contribution in [-0.2, 0) is 11.0 Å². The van der Waals surface area contributed by atoms with Gasteiger partial charge in [-0.2, -0.15) is 13.2 Å². The van der Waals surface area contributed by atoms with Crippen molar-refractivity contribution in [2.45, 2.75) is 11.3 Å². The van der Waals surface area contributed by atoms with E-state index < -0.39 is 29.4 Å². The zero-order valence-corrected chi connectivity index (χ0v) is 18.1. The molecule has 1 heterocycles. The van der Waals surface area contributed by atoms with Crippen molar-refractivity contribution in [3.05, 3.63) is 78.5 Å². The fraction of sp³-hybridized carbons (Fsp3) is 0.0909. The van der Waals surface area contributed by atoms with Crippen LogP contribution in [0.25, 0.3) is 0 Å². The third kappa shape index (κ3) is 6.32. The van der Waals surface area contributed by atoms with Crippen molar-refractivity contribution in [3.8, 4) is 0 Å². The Morgan fingerprint density at radius 2 is 1.70 bits per heavy atom. The molecule has 0 aliphatic rings. The summed E-state index contributed by atoms with van der Waals surface area (Å²) in [7, 11) is 0. The molecular formula is C22H18F3N5O2S. The summed E-state index contributed by atoms with van der Waals surface area (Å²) in [6.45, 7) is 3.37. The molecule has 0 saturated carbocycles. The molecule has 2 amide bonds. The van der Waals surface area contributed by atoms with E-state index >= 15 is 0 Å². The van der Waals surface area contributed by atoms with Crippen LogP contribution < -0.4 is 16.0 Å². The van der Waals surface area contributed by atoms with E-state index in [1.165, 1.54) is 12.1 Å². The number of carbonyl (C=O) groups excluding carboxylic acids is 2. The zero-order valence-electron chi connectivity index (χ0n) is 17.2. The number of rotatable bonds is 7. The first-order valence-electron chi connectivity index (χ1n) is 9.39. The van der Waals surface area contributed by atoms with E-state index in [1.54, 1.807) is 42.7 Å². The highest BCUT2D eigenvalue weighted by molar-refractivity contribution is 7.98. The zero-order chi connectivity index (χ0) is 24.0. The third-order valence-corrected chi connectivity index (χ3v) is 4.78. The van der Waals surface area contributed by atoms with Crippen LogP contribution in [-0.4, -0.2) is 28.0 Å². The number of halogens is 3. The lowest BCUT2D eigenvalue weighted by Gasteiger charge is -2.14. The van der Waals surface area contributed by atoms with Crippen molar-refractivity contribution in [3.63, 3.8) is 0 Å². The third-order valence-electron chi connectivity index (χ3n) is 4.22. The molecule has 0 bridgehead atoms. The maximum Gasteiger partial charge on any atom is 0.421 e. The average Bonchev–Trinajstić information content (AvgIpc) is 2.78. The number of thioether (sulfide) groups is 1. The van der Waals surface area contributed by atoms with Crippen molar-refractivity contribution in [1.29, 1.82) is 0 Å². The highest BCUT2D eigenvalue weighted by Crippen LogP contribution is 2.35. The lowest BCUT2D eigenvalue weighted by molar-refractivity contribution is -0.137. The summed E-state index contributed by atoms with van der Waals surface area (Å²) in [5, 5.41) is 8.07. The fourth-order valence-electron chi connectivity index (χ4n) is 2.71. The number of nitrogens with zero attached hydrogens (tertiary/aromatic N) is 2. The van der Waals surface area contributed by atoms with E-state index in [1.807, 2.05) is 0 Å². The van der Waals surface area contributed by atoms with Crippen molar-refractivity contribution in [2.24, 2.45) is 0 Å². The van der Waals surface area contributed by atoms with Crippen LogP contribution >= 0.6 is 11.8 Å². The highest BCUT2D eigenvalue weighted by Gasteiger charge is 2.35.